The van der Waals surface area contributed by atoms with Gasteiger partial charge in [0.1, 0.15) is 5.60 Å². The van der Waals surface area contributed by atoms with Crippen LogP contribution in [0.1, 0.15) is 47.0 Å². The van der Waals surface area contributed by atoms with Crippen LogP contribution < -0.4 is 0 Å². The van der Waals surface area contributed by atoms with Gasteiger partial charge in [0.25, 0.3) is 0 Å². The summed E-state index contributed by atoms with van der Waals surface area (Å²) in [5.41, 5.74) is -0.360. The average molecular weight is 239 g/mol. The van der Waals surface area contributed by atoms with E-state index < -0.39 is 5.60 Å². The maximum atomic E-state index is 12.0. The molecule has 1 aliphatic heterocycles. The molecule has 1 aliphatic carbocycles. The molecular formula is C13H21NO3. The number of Topliss-reactive ketones (excluding diaryl/α,β-unsaturated/α-hetero) is 1. The zero-order chi connectivity index (χ0) is 12.8. The number of rotatable bonds is 1. The summed E-state index contributed by atoms with van der Waals surface area (Å²) in [6.45, 7) is 7.90. The summed E-state index contributed by atoms with van der Waals surface area (Å²) in [6.07, 6.45) is 2.35. The standard InChI is InChI=1S/C13H21NO3/c1-12(2,3)17-11(16)14-8-9(15)7-10(14)13(4)5-6-13/h10H,5-8H2,1-4H3. The first kappa shape index (κ1) is 12.4. The van der Waals surface area contributed by atoms with E-state index in [1.54, 1.807) is 4.90 Å². The van der Waals surface area contributed by atoms with Crippen LogP contribution in [0.25, 0.3) is 0 Å². The quantitative estimate of drug-likeness (QED) is 0.705. The number of amides is 1. The molecule has 0 radical (unpaired) electrons. The maximum Gasteiger partial charge on any atom is 0.410 e. The Labute approximate surface area is 102 Å². The highest BCUT2D eigenvalue weighted by atomic mass is 16.6. The third-order valence-corrected chi connectivity index (χ3v) is 3.62. The van der Waals surface area contributed by atoms with Crippen molar-refractivity contribution in [3.63, 3.8) is 0 Å². The molecule has 2 aliphatic rings. The second-order valence-corrected chi connectivity index (χ2v) is 6.52. The molecule has 17 heavy (non-hydrogen) atoms. The lowest BCUT2D eigenvalue weighted by molar-refractivity contribution is -0.117. The number of ketones is 1. The third kappa shape index (κ3) is 2.61. The van der Waals surface area contributed by atoms with Crippen LogP contribution in [0.4, 0.5) is 4.79 Å². The first-order valence-electron chi connectivity index (χ1n) is 6.23. The Morgan fingerprint density at radius 1 is 1.41 bits per heavy atom. The van der Waals surface area contributed by atoms with Gasteiger partial charge in [-0.25, -0.2) is 4.79 Å². The Morgan fingerprint density at radius 2 is 2.00 bits per heavy atom. The molecule has 1 amide bonds. The topological polar surface area (TPSA) is 46.6 Å². The third-order valence-electron chi connectivity index (χ3n) is 3.62. The summed E-state index contributed by atoms with van der Waals surface area (Å²) >= 11 is 0. The van der Waals surface area contributed by atoms with Crippen LogP contribution in [0.3, 0.4) is 0 Å². The molecule has 96 valence electrons. The van der Waals surface area contributed by atoms with Gasteiger partial charge >= 0.3 is 6.09 Å². The molecule has 2 rings (SSSR count). The minimum Gasteiger partial charge on any atom is -0.444 e. The van der Waals surface area contributed by atoms with Crippen LogP contribution in [0.15, 0.2) is 0 Å². The summed E-state index contributed by atoms with van der Waals surface area (Å²) < 4.78 is 5.36. The number of carbonyl (C=O) groups is 2. The van der Waals surface area contributed by atoms with Crippen LogP contribution in [0.5, 0.6) is 0 Å². The van der Waals surface area contributed by atoms with Crippen molar-refractivity contribution in [2.45, 2.75) is 58.6 Å². The molecule has 0 aromatic carbocycles. The van der Waals surface area contributed by atoms with Crippen molar-refractivity contribution >= 4 is 11.9 Å². The Balaban J connectivity index is 2.08. The highest BCUT2D eigenvalue weighted by Crippen LogP contribution is 2.52. The van der Waals surface area contributed by atoms with Crippen molar-refractivity contribution in [2.75, 3.05) is 6.54 Å². The zero-order valence-corrected chi connectivity index (χ0v) is 11.1. The highest BCUT2D eigenvalue weighted by Gasteiger charge is 2.52. The fraction of sp³-hybridized carbons (Fsp3) is 0.846. The van der Waals surface area contributed by atoms with Gasteiger partial charge in [-0.1, -0.05) is 6.92 Å². The molecule has 0 aromatic heterocycles. The first-order valence-corrected chi connectivity index (χ1v) is 6.23. The van der Waals surface area contributed by atoms with Crippen molar-refractivity contribution < 1.29 is 14.3 Å². The maximum absolute atomic E-state index is 12.0. The minimum absolute atomic E-state index is 0.0462. The molecule has 4 nitrogen and oxygen atoms in total. The van der Waals surface area contributed by atoms with E-state index in [1.807, 2.05) is 20.8 Å². The van der Waals surface area contributed by atoms with Gasteiger partial charge in [-0.2, -0.15) is 0 Å². The van der Waals surface area contributed by atoms with Crippen molar-refractivity contribution in [2.24, 2.45) is 5.41 Å². The van der Waals surface area contributed by atoms with Gasteiger partial charge in [0.05, 0.1) is 6.54 Å². The normalized spacial score (nSPS) is 27.2. The Hall–Kier alpha value is -1.06. The van der Waals surface area contributed by atoms with Gasteiger partial charge in [-0.3, -0.25) is 9.69 Å². The number of hydrogen-bond donors (Lipinski definition) is 0. The lowest BCUT2D eigenvalue weighted by Gasteiger charge is -2.31. The first-order chi connectivity index (χ1) is 7.71. The summed E-state index contributed by atoms with van der Waals surface area (Å²) in [5, 5.41) is 0. The van der Waals surface area contributed by atoms with E-state index >= 15 is 0 Å². The number of nitrogens with zero attached hydrogens (tertiary/aromatic N) is 1. The van der Waals surface area contributed by atoms with E-state index in [4.69, 9.17) is 4.74 Å². The molecule has 1 heterocycles. The molecule has 1 saturated heterocycles. The summed E-state index contributed by atoms with van der Waals surface area (Å²) in [6, 6.07) is 0.0462. The largest absolute Gasteiger partial charge is 0.444 e. The van der Waals surface area contributed by atoms with Crippen molar-refractivity contribution in [1.29, 1.82) is 0 Å². The lowest BCUT2D eigenvalue weighted by atomic mass is 9.96. The highest BCUT2D eigenvalue weighted by molar-refractivity contribution is 5.88. The molecule has 1 atom stereocenters. The van der Waals surface area contributed by atoms with E-state index in [2.05, 4.69) is 6.92 Å². The van der Waals surface area contributed by atoms with Crippen LogP contribution >= 0.6 is 0 Å². The van der Waals surface area contributed by atoms with Crippen LogP contribution in [0, 0.1) is 5.41 Å². The second kappa shape index (κ2) is 3.72. The molecule has 1 saturated carbocycles. The SMILES string of the molecule is CC(C)(C)OC(=O)N1CC(=O)CC1C1(C)CC1. The van der Waals surface area contributed by atoms with E-state index in [0.29, 0.717) is 6.42 Å². The van der Waals surface area contributed by atoms with Gasteiger partial charge in [0.15, 0.2) is 5.78 Å². The number of hydrogen-bond acceptors (Lipinski definition) is 3. The Bertz CT molecular complexity index is 352. The molecule has 0 bridgehead atoms. The summed E-state index contributed by atoms with van der Waals surface area (Å²) in [4.78, 5) is 25.2. The average Bonchev–Trinajstić information content (AvgIpc) is 2.74. The van der Waals surface area contributed by atoms with E-state index in [-0.39, 0.29) is 29.9 Å². The van der Waals surface area contributed by atoms with Crippen LogP contribution in [0.2, 0.25) is 0 Å². The number of ether oxygens (including phenoxy) is 1. The van der Waals surface area contributed by atoms with Crippen molar-refractivity contribution in [1.82, 2.24) is 4.90 Å². The summed E-state index contributed by atoms with van der Waals surface area (Å²) in [5.74, 6) is 0.147. The van der Waals surface area contributed by atoms with E-state index in [0.717, 1.165) is 12.8 Å². The molecule has 4 heteroatoms. The molecule has 0 N–H and O–H groups in total. The van der Waals surface area contributed by atoms with Gasteiger partial charge in [0, 0.05) is 12.5 Å². The molecule has 1 unspecified atom stereocenters. The lowest BCUT2D eigenvalue weighted by Crippen LogP contribution is -2.43. The second-order valence-electron chi connectivity index (χ2n) is 6.52. The molecule has 2 fully saturated rings. The fourth-order valence-electron chi connectivity index (χ4n) is 2.36. The Morgan fingerprint density at radius 3 is 2.47 bits per heavy atom. The summed E-state index contributed by atoms with van der Waals surface area (Å²) in [7, 11) is 0. The zero-order valence-electron chi connectivity index (χ0n) is 11.1. The van der Waals surface area contributed by atoms with Crippen molar-refractivity contribution in [3.05, 3.63) is 0 Å². The van der Waals surface area contributed by atoms with Gasteiger partial charge < -0.3 is 4.74 Å². The van der Waals surface area contributed by atoms with Crippen molar-refractivity contribution in [3.8, 4) is 0 Å². The Kier molecular flexibility index (Phi) is 2.71. The smallest absolute Gasteiger partial charge is 0.410 e. The van der Waals surface area contributed by atoms with Gasteiger partial charge in [-0.15, -0.1) is 0 Å². The fourth-order valence-corrected chi connectivity index (χ4v) is 2.36. The van der Waals surface area contributed by atoms with Gasteiger partial charge in [-0.05, 0) is 39.0 Å². The molecule has 0 aromatic rings. The van der Waals surface area contributed by atoms with Gasteiger partial charge in [0.2, 0.25) is 0 Å². The predicted octanol–water partition coefficient (Wildman–Crippen LogP) is 2.37. The number of carbonyl (C=O) groups excluding carboxylic acids is 2. The monoisotopic (exact) mass is 239 g/mol. The van der Waals surface area contributed by atoms with E-state index in [1.165, 1.54) is 0 Å². The van der Waals surface area contributed by atoms with Crippen LogP contribution in [-0.4, -0.2) is 35.0 Å². The minimum atomic E-state index is -0.502. The number of likely N-dealkylation sites (tertiary alicyclic amines) is 1. The molecular weight excluding hydrogens is 218 g/mol. The predicted molar refractivity (Wildman–Crippen MR) is 63.7 cm³/mol. The van der Waals surface area contributed by atoms with Crippen LogP contribution in [-0.2, 0) is 9.53 Å². The van der Waals surface area contributed by atoms with E-state index in [9.17, 15) is 9.59 Å². The molecule has 0 spiro atoms.